The molecule has 6 heteroatoms. The van der Waals surface area contributed by atoms with Crippen LogP contribution in [0.1, 0.15) is 5.56 Å². The van der Waals surface area contributed by atoms with Crippen LogP contribution in [0.25, 0.3) is 111 Å². The highest BCUT2D eigenvalue weighted by Gasteiger charge is 2.24. The van der Waals surface area contributed by atoms with Crippen LogP contribution >= 0.6 is 0 Å². The van der Waals surface area contributed by atoms with Crippen LogP contribution in [0.2, 0.25) is 0 Å². The van der Waals surface area contributed by atoms with Crippen LogP contribution in [0.15, 0.2) is 213 Å². The van der Waals surface area contributed by atoms with Gasteiger partial charge in [-0.2, -0.15) is 0 Å². The predicted molar refractivity (Wildman–Crippen MR) is 263 cm³/mol. The Labute approximate surface area is 374 Å². The Kier molecular flexibility index (Phi) is 9.05. The smallest absolute Gasteiger partial charge is 0.133 e. The van der Waals surface area contributed by atoms with Crippen molar-refractivity contribution < 1.29 is 8.78 Å². The molecule has 0 fully saturated rings. The minimum Gasteiger partial charge on any atom is -0.307 e. The maximum absolute atomic E-state index is 16.0. The van der Waals surface area contributed by atoms with E-state index in [1.807, 2.05) is 73.9 Å². The first kappa shape index (κ1) is 38.2. The van der Waals surface area contributed by atoms with Crippen LogP contribution < -0.4 is 0 Å². The third-order valence-electron chi connectivity index (χ3n) is 12.7. The molecule has 4 heterocycles. The summed E-state index contributed by atoms with van der Waals surface area (Å²) in [5, 5.41) is 4.31. The topological polar surface area (TPSA) is 35.6 Å². The van der Waals surface area contributed by atoms with E-state index in [1.165, 1.54) is 18.2 Å². The van der Waals surface area contributed by atoms with E-state index in [2.05, 4.69) is 137 Å². The van der Waals surface area contributed by atoms with Gasteiger partial charge in [-0.25, -0.2) is 8.78 Å². The second-order valence-corrected chi connectivity index (χ2v) is 16.5. The average Bonchev–Trinajstić information content (AvgIpc) is 3.87. The van der Waals surface area contributed by atoms with Crippen molar-refractivity contribution in [3.05, 3.63) is 230 Å². The summed E-state index contributed by atoms with van der Waals surface area (Å²) < 4.78 is 36.5. The predicted octanol–water partition coefficient (Wildman–Crippen LogP) is 15.6. The van der Waals surface area contributed by atoms with Crippen LogP contribution in [-0.4, -0.2) is 19.1 Å². The molecule has 0 aliphatic heterocycles. The van der Waals surface area contributed by atoms with Gasteiger partial charge in [-0.15, -0.1) is 0 Å². The van der Waals surface area contributed by atoms with Crippen LogP contribution in [0.5, 0.6) is 0 Å². The fraction of sp³-hybridized carbons (Fsp3) is 0.0169. The number of benzene rings is 8. The Balaban J connectivity index is 1.15. The number of rotatable bonds is 7. The van der Waals surface area contributed by atoms with E-state index >= 15 is 8.78 Å². The first-order valence-electron chi connectivity index (χ1n) is 21.7. The molecule has 0 bridgehead atoms. The third-order valence-corrected chi connectivity index (χ3v) is 12.7. The maximum Gasteiger partial charge on any atom is 0.133 e. The van der Waals surface area contributed by atoms with Gasteiger partial charge in [-0.3, -0.25) is 9.97 Å². The summed E-state index contributed by atoms with van der Waals surface area (Å²) in [7, 11) is 0. The molecule has 0 N–H and O–H groups in total. The number of aryl methyl sites for hydroxylation is 1. The zero-order valence-electron chi connectivity index (χ0n) is 35.3. The Hall–Kier alpha value is -8.48. The van der Waals surface area contributed by atoms with Crippen molar-refractivity contribution in [2.75, 3.05) is 0 Å². The van der Waals surface area contributed by atoms with E-state index < -0.39 is 11.6 Å². The molecule has 0 spiro atoms. The van der Waals surface area contributed by atoms with Gasteiger partial charge in [0.2, 0.25) is 0 Å². The summed E-state index contributed by atoms with van der Waals surface area (Å²) in [5.41, 5.74) is 14.7. The minimum atomic E-state index is -0.614. The number of para-hydroxylation sites is 2. The molecule has 12 aromatic rings. The van der Waals surface area contributed by atoms with E-state index in [9.17, 15) is 0 Å². The molecule has 0 aliphatic rings. The summed E-state index contributed by atoms with van der Waals surface area (Å²) in [6, 6.07) is 66.9. The Bertz CT molecular complexity index is 3790. The summed E-state index contributed by atoms with van der Waals surface area (Å²) >= 11 is 0. The standard InChI is InChI=1S/C59H38F2N4/c1-37-31-57(64-53-21-10-8-17-44(53)46-25-23-40(34-55(46)64)42-27-29-62-51(32-42)38-13-4-2-5-14-38)58(36-48(37)59-49(60)19-12-20-50(59)61)65-54-22-11-9-18-45(54)47-26-24-41(35-56(47)65)43-28-30-63-52(33-43)39-15-6-3-7-16-39/h2-36H,1H3. The first-order chi connectivity index (χ1) is 32.0. The molecule has 4 nitrogen and oxygen atoms in total. The zero-order chi connectivity index (χ0) is 43.6. The Morgan fingerprint density at radius 2 is 0.785 bits per heavy atom. The van der Waals surface area contributed by atoms with Crippen molar-refractivity contribution in [3.8, 4) is 67.3 Å². The van der Waals surface area contributed by atoms with Gasteiger partial charge in [0.05, 0.1) is 50.4 Å². The van der Waals surface area contributed by atoms with Crippen molar-refractivity contribution in [3.63, 3.8) is 0 Å². The van der Waals surface area contributed by atoms with Gasteiger partial charge in [0.15, 0.2) is 0 Å². The minimum absolute atomic E-state index is 0.0547. The van der Waals surface area contributed by atoms with Gasteiger partial charge in [0, 0.05) is 45.1 Å². The number of pyridine rings is 2. The van der Waals surface area contributed by atoms with Crippen molar-refractivity contribution in [1.82, 2.24) is 19.1 Å². The van der Waals surface area contributed by atoms with Crippen molar-refractivity contribution in [1.29, 1.82) is 0 Å². The van der Waals surface area contributed by atoms with Gasteiger partial charge < -0.3 is 9.13 Å². The molecule has 4 aromatic heterocycles. The lowest BCUT2D eigenvalue weighted by atomic mass is 9.97. The highest BCUT2D eigenvalue weighted by molar-refractivity contribution is 6.13. The number of nitrogens with zero attached hydrogens (tertiary/aromatic N) is 4. The monoisotopic (exact) mass is 840 g/mol. The summed E-state index contributed by atoms with van der Waals surface area (Å²) in [5.74, 6) is -1.23. The molecule has 8 aromatic carbocycles. The largest absolute Gasteiger partial charge is 0.307 e. The molecule has 12 rings (SSSR count). The Morgan fingerprint density at radius 1 is 0.354 bits per heavy atom. The van der Waals surface area contributed by atoms with E-state index in [0.29, 0.717) is 5.56 Å². The SMILES string of the molecule is Cc1cc(-n2c3ccccc3c3ccc(-c4ccnc(-c5ccccc5)c4)cc32)c(-n2c3ccccc3c3ccc(-c4ccnc(-c5ccccc5)c4)cc32)cc1-c1c(F)cccc1F. The second-order valence-electron chi connectivity index (χ2n) is 16.5. The molecule has 308 valence electrons. The van der Waals surface area contributed by atoms with E-state index in [-0.39, 0.29) is 5.56 Å². The van der Waals surface area contributed by atoms with Crippen molar-refractivity contribution in [2.45, 2.75) is 6.92 Å². The van der Waals surface area contributed by atoms with Crippen molar-refractivity contribution >= 4 is 43.6 Å². The maximum atomic E-state index is 16.0. The number of hydrogen-bond donors (Lipinski definition) is 0. The number of aromatic nitrogens is 4. The molecular weight excluding hydrogens is 803 g/mol. The molecule has 0 saturated carbocycles. The van der Waals surface area contributed by atoms with E-state index in [0.717, 1.165) is 105 Å². The summed E-state index contributed by atoms with van der Waals surface area (Å²) in [6.07, 6.45) is 3.72. The number of hydrogen-bond acceptors (Lipinski definition) is 2. The average molecular weight is 841 g/mol. The lowest BCUT2D eigenvalue weighted by Crippen LogP contribution is -2.06. The zero-order valence-corrected chi connectivity index (χ0v) is 35.3. The first-order valence-corrected chi connectivity index (χ1v) is 21.7. The Morgan fingerprint density at radius 3 is 1.29 bits per heavy atom. The summed E-state index contributed by atoms with van der Waals surface area (Å²) in [4.78, 5) is 9.44. The number of fused-ring (bicyclic) bond motifs is 6. The lowest BCUT2D eigenvalue weighted by molar-refractivity contribution is 0.589. The van der Waals surface area contributed by atoms with Crippen LogP contribution in [-0.2, 0) is 0 Å². The third kappa shape index (κ3) is 6.41. The highest BCUT2D eigenvalue weighted by atomic mass is 19.1. The fourth-order valence-electron chi connectivity index (χ4n) is 9.64. The molecule has 65 heavy (non-hydrogen) atoms. The van der Waals surface area contributed by atoms with E-state index in [4.69, 9.17) is 9.97 Å². The van der Waals surface area contributed by atoms with Crippen LogP contribution in [0, 0.1) is 18.6 Å². The second kappa shape index (κ2) is 15.4. The van der Waals surface area contributed by atoms with Crippen molar-refractivity contribution in [2.24, 2.45) is 0 Å². The molecule has 0 atom stereocenters. The van der Waals surface area contributed by atoms with Gasteiger partial charge in [0.25, 0.3) is 0 Å². The van der Waals surface area contributed by atoms with Gasteiger partial charge in [-0.05, 0) is 113 Å². The molecule has 0 radical (unpaired) electrons. The molecule has 0 amide bonds. The van der Waals surface area contributed by atoms with Crippen LogP contribution in [0.3, 0.4) is 0 Å². The molecule has 0 aliphatic carbocycles. The van der Waals surface area contributed by atoms with Gasteiger partial charge in [-0.1, -0.05) is 127 Å². The van der Waals surface area contributed by atoms with Gasteiger partial charge in [0.1, 0.15) is 11.6 Å². The highest BCUT2D eigenvalue weighted by Crippen LogP contribution is 2.43. The molecule has 0 unspecified atom stereocenters. The molecule has 0 saturated heterocycles. The normalized spacial score (nSPS) is 11.6. The fourth-order valence-corrected chi connectivity index (χ4v) is 9.64. The number of halogens is 2. The molecular formula is C59H38F2N4. The van der Waals surface area contributed by atoms with Gasteiger partial charge >= 0.3 is 0 Å². The lowest BCUT2D eigenvalue weighted by Gasteiger charge is -2.21. The van der Waals surface area contributed by atoms with E-state index in [1.54, 1.807) is 0 Å². The quantitative estimate of drug-likeness (QED) is 0.160. The summed E-state index contributed by atoms with van der Waals surface area (Å²) in [6.45, 7) is 1.94. The van der Waals surface area contributed by atoms with Crippen LogP contribution in [0.4, 0.5) is 8.78 Å².